The van der Waals surface area contributed by atoms with Gasteiger partial charge in [-0.3, -0.25) is 14.4 Å². The maximum Gasteiger partial charge on any atom is 0.410 e. The summed E-state index contributed by atoms with van der Waals surface area (Å²) in [6.45, 7) is 23.3. The summed E-state index contributed by atoms with van der Waals surface area (Å²) >= 11 is 0. The summed E-state index contributed by atoms with van der Waals surface area (Å²) in [6, 6.07) is -0.231. The fraction of sp³-hybridized carbons (Fsp3) is 0.889. The molecule has 0 aliphatic heterocycles. The number of rotatable bonds is 38. The standard InChI is InChI=1S/C54H101N3O13/c1-43(55(37-40-58)49(63)68-52(4,5)6)31-25-20-14-17-23-29-35-47(61)67-42-39-57(51(65)70-54(10,11)12)45(3)33-27-21-15-18-24-30-36-48(62)66-41-38-56(50(64)69-53(7,8)9)44(2)32-26-19-13-16-22-28-34-46(59)60/h43-45,58H,13-42H2,1-12H3,(H,59,60)/t43-,44-,45-/m0/s1. The first-order valence-corrected chi connectivity index (χ1v) is 26.9. The number of hydrogen-bond acceptors (Lipinski definition) is 12. The minimum atomic E-state index is -0.756. The molecule has 0 aromatic carbocycles. The van der Waals surface area contributed by atoms with Crippen molar-refractivity contribution in [2.24, 2.45) is 0 Å². The molecule has 0 heterocycles. The number of unbranched alkanes of at least 4 members (excludes halogenated alkanes) is 15. The number of aliphatic hydroxyl groups is 1. The number of carboxylic acids is 1. The van der Waals surface area contributed by atoms with Gasteiger partial charge in [-0.25, -0.2) is 14.4 Å². The van der Waals surface area contributed by atoms with Gasteiger partial charge in [-0.15, -0.1) is 0 Å². The number of aliphatic carboxylic acids is 1. The molecule has 70 heavy (non-hydrogen) atoms. The number of amides is 3. The van der Waals surface area contributed by atoms with Gasteiger partial charge in [0.25, 0.3) is 0 Å². The van der Waals surface area contributed by atoms with Gasteiger partial charge < -0.3 is 48.6 Å². The molecule has 0 unspecified atom stereocenters. The molecule has 3 atom stereocenters. The highest BCUT2D eigenvalue weighted by atomic mass is 16.6. The van der Waals surface area contributed by atoms with Gasteiger partial charge in [0, 0.05) is 43.9 Å². The van der Waals surface area contributed by atoms with Crippen LogP contribution in [0.5, 0.6) is 0 Å². The van der Waals surface area contributed by atoms with Crippen LogP contribution in [0.15, 0.2) is 0 Å². The molecule has 0 radical (unpaired) electrons. The normalized spacial score (nSPS) is 13.2. The molecule has 16 nitrogen and oxygen atoms in total. The van der Waals surface area contributed by atoms with Crippen LogP contribution in [0.2, 0.25) is 0 Å². The summed E-state index contributed by atoms with van der Waals surface area (Å²) < 4.78 is 27.9. The summed E-state index contributed by atoms with van der Waals surface area (Å²) in [5.74, 6) is -1.31. The Morgan fingerprint density at radius 3 is 0.929 bits per heavy atom. The van der Waals surface area contributed by atoms with Gasteiger partial charge in [0.1, 0.15) is 30.0 Å². The molecule has 0 bridgehead atoms. The van der Waals surface area contributed by atoms with Crippen molar-refractivity contribution < 1.29 is 62.7 Å². The van der Waals surface area contributed by atoms with E-state index in [-0.39, 0.29) is 75.9 Å². The largest absolute Gasteiger partial charge is 0.481 e. The van der Waals surface area contributed by atoms with E-state index < -0.39 is 41.1 Å². The van der Waals surface area contributed by atoms with Crippen molar-refractivity contribution in [1.82, 2.24) is 14.7 Å². The van der Waals surface area contributed by atoms with Gasteiger partial charge in [0.05, 0.1) is 19.7 Å². The second kappa shape index (κ2) is 37.0. The average molecular weight is 1000 g/mol. The SMILES string of the molecule is C[C@@H](CCCCCCCCC(=O)OCCN(C(=O)OC(C)(C)C)[C@@H](C)CCCCCCCCC(=O)OCCN(C(=O)OC(C)(C)C)[C@@H](C)CCCCCCCCC(=O)O)N(CCO)C(=O)OC(C)(C)C. The third-order valence-electron chi connectivity index (χ3n) is 11.8. The Hall–Kier alpha value is -3.82. The number of carboxylic acid groups (broad SMARTS) is 1. The van der Waals surface area contributed by atoms with Crippen LogP contribution in [-0.4, -0.2) is 135 Å². The Bertz CT molecular complexity index is 1460. The topological polar surface area (TPSA) is 199 Å². The number of carbonyl (C=O) groups is 6. The lowest BCUT2D eigenvalue weighted by atomic mass is 10.0. The van der Waals surface area contributed by atoms with Crippen molar-refractivity contribution in [2.75, 3.05) is 39.5 Å². The van der Waals surface area contributed by atoms with Crippen molar-refractivity contribution in [2.45, 2.75) is 272 Å². The third-order valence-corrected chi connectivity index (χ3v) is 11.8. The Morgan fingerprint density at radius 2 is 0.657 bits per heavy atom. The van der Waals surface area contributed by atoms with Crippen LogP contribution < -0.4 is 0 Å². The van der Waals surface area contributed by atoms with Crippen molar-refractivity contribution in [3.8, 4) is 0 Å². The van der Waals surface area contributed by atoms with E-state index in [1.54, 1.807) is 14.7 Å². The monoisotopic (exact) mass is 1000 g/mol. The molecule has 0 aromatic heterocycles. The van der Waals surface area contributed by atoms with Gasteiger partial charge >= 0.3 is 36.2 Å². The number of hydrogen-bond donors (Lipinski definition) is 2. The van der Waals surface area contributed by atoms with E-state index in [2.05, 4.69) is 0 Å². The number of aliphatic hydroxyl groups excluding tert-OH is 1. The first-order valence-electron chi connectivity index (χ1n) is 26.9. The minimum Gasteiger partial charge on any atom is -0.481 e. The zero-order chi connectivity index (χ0) is 53.2. The van der Waals surface area contributed by atoms with Crippen LogP contribution >= 0.6 is 0 Å². The van der Waals surface area contributed by atoms with Crippen LogP contribution in [0.1, 0.15) is 237 Å². The molecule has 0 fully saturated rings. The third kappa shape index (κ3) is 37.0. The van der Waals surface area contributed by atoms with Crippen molar-refractivity contribution in [1.29, 1.82) is 0 Å². The summed E-state index contributed by atoms with van der Waals surface area (Å²) in [7, 11) is 0. The molecule has 0 aliphatic carbocycles. The molecule has 3 amide bonds. The lowest BCUT2D eigenvalue weighted by molar-refractivity contribution is -0.145. The second-order valence-electron chi connectivity index (χ2n) is 22.1. The van der Waals surface area contributed by atoms with Crippen LogP contribution in [0, 0.1) is 0 Å². The Labute approximate surface area is 423 Å². The Balaban J connectivity index is 4.56. The maximum absolute atomic E-state index is 13.2. The van der Waals surface area contributed by atoms with E-state index in [1.165, 1.54) is 0 Å². The van der Waals surface area contributed by atoms with Crippen molar-refractivity contribution in [3.63, 3.8) is 0 Å². The molecule has 0 saturated carbocycles. The predicted molar refractivity (Wildman–Crippen MR) is 275 cm³/mol. The van der Waals surface area contributed by atoms with Crippen LogP contribution in [0.25, 0.3) is 0 Å². The fourth-order valence-electron chi connectivity index (χ4n) is 7.93. The average Bonchev–Trinajstić information content (AvgIpc) is 3.23. The highest BCUT2D eigenvalue weighted by Gasteiger charge is 2.28. The molecule has 0 saturated heterocycles. The Kier molecular flexibility index (Phi) is 35.0. The predicted octanol–water partition coefficient (Wildman–Crippen LogP) is 12.4. The zero-order valence-corrected chi connectivity index (χ0v) is 46.2. The smallest absolute Gasteiger partial charge is 0.410 e. The minimum absolute atomic E-state index is 0.0366. The quantitative estimate of drug-likeness (QED) is 0.0337. The molecule has 410 valence electrons. The molecule has 0 aromatic rings. The van der Waals surface area contributed by atoms with E-state index in [9.17, 15) is 33.9 Å². The molecule has 0 aliphatic rings. The lowest BCUT2D eigenvalue weighted by Crippen LogP contribution is -2.44. The number of carbonyl (C=O) groups excluding carboxylic acids is 5. The lowest BCUT2D eigenvalue weighted by Gasteiger charge is -2.31. The fourth-order valence-corrected chi connectivity index (χ4v) is 7.93. The number of esters is 2. The summed E-state index contributed by atoms with van der Waals surface area (Å²) in [5, 5.41) is 18.2. The summed E-state index contributed by atoms with van der Waals surface area (Å²) in [5.41, 5.74) is -1.91. The van der Waals surface area contributed by atoms with Gasteiger partial charge in [0.15, 0.2) is 0 Å². The van der Waals surface area contributed by atoms with Gasteiger partial charge in [-0.1, -0.05) is 96.3 Å². The van der Waals surface area contributed by atoms with E-state index in [0.29, 0.717) is 25.7 Å². The van der Waals surface area contributed by atoms with Gasteiger partial charge in [-0.05, 0) is 122 Å². The molecular formula is C54H101N3O13. The summed E-state index contributed by atoms with van der Waals surface area (Å²) in [4.78, 5) is 79.6. The van der Waals surface area contributed by atoms with E-state index in [0.717, 1.165) is 122 Å². The van der Waals surface area contributed by atoms with Gasteiger partial charge in [0.2, 0.25) is 0 Å². The molecular weight excluding hydrogens is 899 g/mol. The Morgan fingerprint density at radius 1 is 0.400 bits per heavy atom. The first-order chi connectivity index (χ1) is 32.8. The zero-order valence-electron chi connectivity index (χ0n) is 46.2. The van der Waals surface area contributed by atoms with Crippen molar-refractivity contribution in [3.05, 3.63) is 0 Å². The van der Waals surface area contributed by atoms with Crippen molar-refractivity contribution >= 4 is 36.2 Å². The first kappa shape index (κ1) is 66.2. The second-order valence-corrected chi connectivity index (χ2v) is 22.1. The van der Waals surface area contributed by atoms with E-state index >= 15 is 0 Å². The molecule has 16 heteroatoms. The number of nitrogens with zero attached hydrogens (tertiary/aromatic N) is 3. The maximum atomic E-state index is 13.2. The van der Waals surface area contributed by atoms with Gasteiger partial charge in [-0.2, -0.15) is 0 Å². The van der Waals surface area contributed by atoms with Crippen LogP contribution in [0.4, 0.5) is 14.4 Å². The highest BCUT2D eigenvalue weighted by Crippen LogP contribution is 2.21. The highest BCUT2D eigenvalue weighted by molar-refractivity contribution is 5.71. The molecule has 0 rings (SSSR count). The molecule has 2 N–H and O–H groups in total. The molecule has 0 spiro atoms. The summed E-state index contributed by atoms with van der Waals surface area (Å²) in [6.07, 6.45) is 18.6. The number of ether oxygens (including phenoxy) is 5. The van der Waals surface area contributed by atoms with E-state index in [1.807, 2.05) is 83.1 Å². The van der Waals surface area contributed by atoms with E-state index in [4.69, 9.17) is 28.8 Å². The van der Waals surface area contributed by atoms with Crippen LogP contribution in [-0.2, 0) is 38.1 Å². The van der Waals surface area contributed by atoms with Crippen LogP contribution in [0.3, 0.4) is 0 Å².